The van der Waals surface area contributed by atoms with Crippen molar-refractivity contribution in [3.05, 3.63) is 0 Å². The highest BCUT2D eigenvalue weighted by Crippen LogP contribution is 2.10. The van der Waals surface area contributed by atoms with E-state index in [1.807, 2.05) is 18.7 Å². The van der Waals surface area contributed by atoms with Crippen molar-refractivity contribution in [2.24, 2.45) is 5.73 Å². The van der Waals surface area contributed by atoms with E-state index in [2.05, 4.69) is 16.7 Å². The molecular formula is C15H32N4O. The SMILES string of the molecule is CCCN1CCN(C(CN)CC(=O)N(CC)CC)CC1. The number of carbonyl (C=O) groups is 1. The minimum atomic E-state index is 0.201. The van der Waals surface area contributed by atoms with Crippen LogP contribution in [-0.4, -0.2) is 79.0 Å². The predicted octanol–water partition coefficient (Wildman–Crippen LogP) is 0.600. The number of hydrogen-bond donors (Lipinski definition) is 1. The van der Waals surface area contributed by atoms with Gasteiger partial charge in [0.25, 0.3) is 0 Å². The van der Waals surface area contributed by atoms with Crippen molar-refractivity contribution in [2.45, 2.75) is 39.7 Å². The number of nitrogens with zero attached hydrogens (tertiary/aromatic N) is 3. The lowest BCUT2D eigenvalue weighted by atomic mass is 10.1. The Bertz CT molecular complexity index is 273. The lowest BCUT2D eigenvalue weighted by molar-refractivity contribution is -0.132. The smallest absolute Gasteiger partial charge is 0.224 e. The summed E-state index contributed by atoms with van der Waals surface area (Å²) in [7, 11) is 0. The van der Waals surface area contributed by atoms with E-state index in [1.165, 1.54) is 13.0 Å². The zero-order valence-electron chi connectivity index (χ0n) is 13.5. The standard InChI is InChI=1S/C15H32N4O/c1-4-7-17-8-10-19(11-9-17)14(13-16)12-15(20)18(5-2)6-3/h14H,4-13,16H2,1-3H3. The molecular weight excluding hydrogens is 252 g/mol. The van der Waals surface area contributed by atoms with E-state index in [-0.39, 0.29) is 11.9 Å². The Morgan fingerprint density at radius 2 is 1.75 bits per heavy atom. The molecule has 20 heavy (non-hydrogen) atoms. The fourth-order valence-electron chi connectivity index (χ4n) is 2.94. The molecule has 5 nitrogen and oxygen atoms in total. The third kappa shape index (κ3) is 5.04. The zero-order chi connectivity index (χ0) is 15.0. The van der Waals surface area contributed by atoms with Gasteiger partial charge in [0.1, 0.15) is 0 Å². The molecule has 2 N–H and O–H groups in total. The Morgan fingerprint density at radius 3 is 2.20 bits per heavy atom. The summed E-state index contributed by atoms with van der Waals surface area (Å²) in [6.07, 6.45) is 1.77. The molecule has 1 saturated heterocycles. The first-order chi connectivity index (χ1) is 9.65. The van der Waals surface area contributed by atoms with Gasteiger partial charge in [-0.2, -0.15) is 0 Å². The molecule has 1 unspecified atom stereocenters. The van der Waals surface area contributed by atoms with E-state index in [9.17, 15) is 4.79 Å². The molecule has 0 bridgehead atoms. The number of piperazine rings is 1. The molecule has 0 aromatic heterocycles. The van der Waals surface area contributed by atoms with Crippen LogP contribution in [0, 0.1) is 0 Å². The fraction of sp³-hybridized carbons (Fsp3) is 0.933. The van der Waals surface area contributed by atoms with Gasteiger partial charge in [0.15, 0.2) is 0 Å². The molecule has 1 amide bonds. The molecule has 0 aromatic carbocycles. The number of hydrogen-bond acceptors (Lipinski definition) is 4. The fourth-order valence-corrected chi connectivity index (χ4v) is 2.94. The average molecular weight is 284 g/mol. The van der Waals surface area contributed by atoms with Crippen LogP contribution in [0.3, 0.4) is 0 Å². The lowest BCUT2D eigenvalue weighted by Gasteiger charge is -2.39. The third-order valence-corrected chi connectivity index (χ3v) is 4.26. The molecule has 0 aromatic rings. The Labute approximate surface area is 124 Å². The number of nitrogens with two attached hydrogens (primary N) is 1. The topological polar surface area (TPSA) is 52.8 Å². The third-order valence-electron chi connectivity index (χ3n) is 4.26. The van der Waals surface area contributed by atoms with Crippen LogP contribution in [0.2, 0.25) is 0 Å². The zero-order valence-corrected chi connectivity index (χ0v) is 13.5. The van der Waals surface area contributed by atoms with Crippen molar-refractivity contribution < 1.29 is 4.79 Å². The molecule has 1 fully saturated rings. The van der Waals surface area contributed by atoms with Crippen LogP contribution in [0.5, 0.6) is 0 Å². The summed E-state index contributed by atoms with van der Waals surface area (Å²) in [5.74, 6) is 0.237. The summed E-state index contributed by atoms with van der Waals surface area (Å²) in [6.45, 7) is 13.9. The molecule has 0 radical (unpaired) electrons. The minimum absolute atomic E-state index is 0.201. The van der Waals surface area contributed by atoms with Crippen molar-refractivity contribution in [3.63, 3.8) is 0 Å². The van der Waals surface area contributed by atoms with Crippen molar-refractivity contribution in [3.8, 4) is 0 Å². The van der Waals surface area contributed by atoms with E-state index < -0.39 is 0 Å². The van der Waals surface area contributed by atoms with Crippen LogP contribution >= 0.6 is 0 Å². The molecule has 1 rings (SSSR count). The van der Waals surface area contributed by atoms with E-state index >= 15 is 0 Å². The van der Waals surface area contributed by atoms with Gasteiger partial charge in [0.2, 0.25) is 5.91 Å². The summed E-state index contributed by atoms with van der Waals surface area (Å²) >= 11 is 0. The van der Waals surface area contributed by atoms with E-state index in [0.29, 0.717) is 13.0 Å². The molecule has 5 heteroatoms. The average Bonchev–Trinajstić information content (AvgIpc) is 2.47. The minimum Gasteiger partial charge on any atom is -0.343 e. The van der Waals surface area contributed by atoms with Gasteiger partial charge in [0.05, 0.1) is 0 Å². The van der Waals surface area contributed by atoms with Crippen molar-refractivity contribution in [2.75, 3.05) is 52.4 Å². The molecule has 0 aliphatic carbocycles. The molecule has 1 heterocycles. The summed E-state index contributed by atoms with van der Waals surface area (Å²) in [6, 6.07) is 0.201. The molecule has 0 saturated carbocycles. The quantitative estimate of drug-likeness (QED) is 0.709. The van der Waals surface area contributed by atoms with Gasteiger partial charge < -0.3 is 15.5 Å². The van der Waals surface area contributed by atoms with Crippen molar-refractivity contribution in [1.29, 1.82) is 0 Å². The van der Waals surface area contributed by atoms with Gasteiger partial charge in [-0.15, -0.1) is 0 Å². The normalized spacial score (nSPS) is 19.0. The van der Waals surface area contributed by atoms with Gasteiger partial charge in [-0.25, -0.2) is 0 Å². The Hall–Kier alpha value is -0.650. The van der Waals surface area contributed by atoms with Crippen LogP contribution in [0.4, 0.5) is 0 Å². The van der Waals surface area contributed by atoms with E-state index in [1.54, 1.807) is 0 Å². The maximum absolute atomic E-state index is 12.2. The summed E-state index contributed by atoms with van der Waals surface area (Å²) in [4.78, 5) is 19.0. The molecule has 1 aliphatic heterocycles. The van der Waals surface area contributed by atoms with E-state index in [4.69, 9.17) is 5.73 Å². The van der Waals surface area contributed by atoms with Gasteiger partial charge in [-0.3, -0.25) is 9.69 Å². The summed E-state index contributed by atoms with van der Waals surface area (Å²) < 4.78 is 0. The predicted molar refractivity (Wildman–Crippen MR) is 83.7 cm³/mol. The monoisotopic (exact) mass is 284 g/mol. The Morgan fingerprint density at radius 1 is 1.15 bits per heavy atom. The largest absolute Gasteiger partial charge is 0.343 e. The maximum Gasteiger partial charge on any atom is 0.224 e. The second-order valence-electron chi connectivity index (χ2n) is 5.54. The van der Waals surface area contributed by atoms with Crippen LogP contribution in [-0.2, 0) is 4.79 Å². The van der Waals surface area contributed by atoms with Gasteiger partial charge in [-0.05, 0) is 26.8 Å². The number of carbonyl (C=O) groups excluding carboxylic acids is 1. The van der Waals surface area contributed by atoms with Crippen molar-refractivity contribution >= 4 is 5.91 Å². The summed E-state index contributed by atoms with van der Waals surface area (Å²) in [5.41, 5.74) is 5.90. The van der Waals surface area contributed by atoms with Gasteiger partial charge in [-0.1, -0.05) is 6.92 Å². The van der Waals surface area contributed by atoms with Crippen LogP contribution < -0.4 is 5.73 Å². The molecule has 1 aliphatic rings. The first-order valence-electron chi connectivity index (χ1n) is 8.10. The maximum atomic E-state index is 12.2. The highest BCUT2D eigenvalue weighted by atomic mass is 16.2. The molecule has 0 spiro atoms. The van der Waals surface area contributed by atoms with Crippen LogP contribution in [0.1, 0.15) is 33.6 Å². The van der Waals surface area contributed by atoms with Crippen molar-refractivity contribution in [1.82, 2.24) is 14.7 Å². The first-order valence-corrected chi connectivity index (χ1v) is 8.10. The van der Waals surface area contributed by atoms with Gasteiger partial charge in [0, 0.05) is 58.3 Å². The highest BCUT2D eigenvalue weighted by Gasteiger charge is 2.25. The summed E-state index contributed by atoms with van der Waals surface area (Å²) in [5, 5.41) is 0. The van der Waals surface area contributed by atoms with E-state index in [0.717, 1.165) is 39.3 Å². The van der Waals surface area contributed by atoms with Gasteiger partial charge >= 0.3 is 0 Å². The first kappa shape index (κ1) is 17.4. The second-order valence-corrected chi connectivity index (χ2v) is 5.54. The molecule has 1 atom stereocenters. The Balaban J connectivity index is 2.45. The number of amides is 1. The van der Waals surface area contributed by atoms with Crippen LogP contribution in [0.15, 0.2) is 0 Å². The Kier molecular flexibility index (Phi) is 8.11. The van der Waals surface area contributed by atoms with Crippen LogP contribution in [0.25, 0.3) is 0 Å². The lowest BCUT2D eigenvalue weighted by Crippen LogP contribution is -2.53. The molecule has 118 valence electrons. The highest BCUT2D eigenvalue weighted by molar-refractivity contribution is 5.76. The second kappa shape index (κ2) is 9.32. The number of rotatable bonds is 8.